The first-order valence-corrected chi connectivity index (χ1v) is 14.9. The van der Waals surface area contributed by atoms with Gasteiger partial charge in [-0.1, -0.05) is 36.4 Å². The number of hydrogen-bond acceptors (Lipinski definition) is 9. The molecule has 0 bridgehead atoms. The monoisotopic (exact) mass is 622 g/mol. The molecule has 236 valence electrons. The summed E-state index contributed by atoms with van der Waals surface area (Å²) in [7, 11) is 6.02. The normalized spacial score (nSPS) is 15.0. The van der Waals surface area contributed by atoms with Crippen LogP contribution >= 0.6 is 11.6 Å². The average molecular weight is 623 g/mol. The van der Waals surface area contributed by atoms with E-state index in [1.807, 2.05) is 0 Å². The number of aromatic amines is 1. The Morgan fingerprint density at radius 1 is 1.20 bits per heavy atom. The summed E-state index contributed by atoms with van der Waals surface area (Å²) in [6.45, 7) is 10.6. The second kappa shape index (κ2) is 18.1. The number of rotatable bonds is 14. The van der Waals surface area contributed by atoms with Gasteiger partial charge < -0.3 is 30.4 Å². The quantitative estimate of drug-likeness (QED) is 0.156. The number of aliphatic hydroxyl groups is 1. The second-order valence-electron chi connectivity index (χ2n) is 10.5. The number of aldehydes is 2. The summed E-state index contributed by atoms with van der Waals surface area (Å²) in [5, 5.41) is 17.3. The van der Waals surface area contributed by atoms with Crippen LogP contribution in [-0.4, -0.2) is 105 Å². The zero-order chi connectivity index (χ0) is 31.9. The first-order chi connectivity index (χ1) is 21.3. The van der Waals surface area contributed by atoms with E-state index in [-0.39, 0.29) is 17.7 Å². The van der Waals surface area contributed by atoms with E-state index in [1.165, 1.54) is 19.5 Å². The zero-order valence-corrected chi connectivity index (χ0v) is 26.4. The van der Waals surface area contributed by atoms with Crippen LogP contribution in [0.5, 0.6) is 0 Å². The minimum Gasteiger partial charge on any atom is -0.394 e. The molecule has 2 heterocycles. The highest BCUT2D eigenvalue weighted by molar-refractivity contribution is 6.30. The predicted octanol–water partition coefficient (Wildman–Crippen LogP) is 4.07. The van der Waals surface area contributed by atoms with Crippen LogP contribution in [-0.2, 0) is 4.74 Å². The molecule has 2 aromatic carbocycles. The molecule has 4 rings (SSSR count). The molecule has 1 atom stereocenters. The van der Waals surface area contributed by atoms with Gasteiger partial charge in [-0.3, -0.25) is 14.5 Å². The van der Waals surface area contributed by atoms with E-state index in [1.54, 1.807) is 61.8 Å². The maximum atomic E-state index is 11.3. The topological polar surface area (TPSA) is 123 Å². The third kappa shape index (κ3) is 10.4. The molecule has 1 fully saturated rings. The Kier molecular flexibility index (Phi) is 14.3. The summed E-state index contributed by atoms with van der Waals surface area (Å²) < 4.78 is 5.28. The maximum absolute atomic E-state index is 11.3. The van der Waals surface area contributed by atoms with Crippen molar-refractivity contribution < 1.29 is 19.4 Å². The van der Waals surface area contributed by atoms with E-state index in [9.17, 15) is 14.7 Å². The fourth-order valence-corrected chi connectivity index (χ4v) is 4.84. The zero-order valence-electron chi connectivity index (χ0n) is 25.7. The molecule has 0 spiro atoms. The van der Waals surface area contributed by atoms with Gasteiger partial charge in [-0.05, 0) is 75.7 Å². The van der Waals surface area contributed by atoms with Crippen molar-refractivity contribution in [2.75, 3.05) is 67.1 Å². The number of ether oxygens (including phenoxy) is 1. The van der Waals surface area contributed by atoms with Crippen LogP contribution in [0, 0.1) is 0 Å². The first kappa shape index (κ1) is 34.7. The van der Waals surface area contributed by atoms with Crippen LogP contribution in [0.4, 0.5) is 0 Å². The third-order valence-electron chi connectivity index (χ3n) is 7.01. The summed E-state index contributed by atoms with van der Waals surface area (Å²) in [5.41, 5.74) is 3.70. The van der Waals surface area contributed by atoms with Gasteiger partial charge >= 0.3 is 0 Å². The lowest BCUT2D eigenvalue weighted by molar-refractivity contribution is 0.0366. The van der Waals surface area contributed by atoms with E-state index >= 15 is 0 Å². The molecule has 1 saturated heterocycles. The second-order valence-corrected chi connectivity index (χ2v) is 11.0. The largest absolute Gasteiger partial charge is 0.394 e. The number of halogens is 1. The lowest BCUT2D eigenvalue weighted by Gasteiger charge is -2.26. The Morgan fingerprint density at radius 3 is 2.57 bits per heavy atom. The van der Waals surface area contributed by atoms with Gasteiger partial charge in [0.05, 0.1) is 30.4 Å². The molecule has 0 aliphatic carbocycles. The highest BCUT2D eigenvalue weighted by Crippen LogP contribution is 2.24. The molecule has 1 aliphatic rings. The Morgan fingerprint density at radius 2 is 1.93 bits per heavy atom. The van der Waals surface area contributed by atoms with Gasteiger partial charge in [-0.15, -0.1) is 0 Å². The first-order valence-electron chi connectivity index (χ1n) is 14.6. The average Bonchev–Trinajstić information content (AvgIpc) is 3.44. The van der Waals surface area contributed by atoms with Crippen LogP contribution in [0.25, 0.3) is 16.6 Å². The number of aliphatic hydroxyl groups excluding tert-OH is 1. The van der Waals surface area contributed by atoms with Crippen LogP contribution < -0.4 is 10.6 Å². The number of morpholine rings is 1. The van der Waals surface area contributed by atoms with Crippen LogP contribution in [0.1, 0.15) is 44.6 Å². The van der Waals surface area contributed by atoms with Crippen molar-refractivity contribution >= 4 is 40.8 Å². The molecule has 1 aliphatic heterocycles. The summed E-state index contributed by atoms with van der Waals surface area (Å²) in [6, 6.07) is 10.2. The van der Waals surface area contributed by atoms with E-state index in [0.29, 0.717) is 51.3 Å². The number of fused-ring (bicyclic) bond motifs is 1. The molecule has 3 aromatic rings. The van der Waals surface area contributed by atoms with E-state index in [0.717, 1.165) is 26.3 Å². The lowest BCUT2D eigenvalue weighted by Crippen LogP contribution is -2.37. The Labute approximate surface area is 264 Å². The van der Waals surface area contributed by atoms with E-state index < -0.39 is 6.10 Å². The molecule has 0 saturated carbocycles. The van der Waals surface area contributed by atoms with Crippen molar-refractivity contribution in [1.29, 1.82) is 0 Å². The molecule has 44 heavy (non-hydrogen) atoms. The van der Waals surface area contributed by atoms with Crippen LogP contribution in [0.15, 0.2) is 67.0 Å². The SMILES string of the molecule is C=C/C(=C(\C=C/NC)NCC(O)c1cccc(Cl)c1)c1nc2cc(C=O)c(C=O)cc2[nH]1.CN(C)CCCN1CCOCC1. The number of hydrogen-bond donors (Lipinski definition) is 4. The maximum Gasteiger partial charge on any atom is 0.150 e. The van der Waals surface area contributed by atoms with Crippen LogP contribution in [0.2, 0.25) is 5.02 Å². The summed E-state index contributed by atoms with van der Waals surface area (Å²) in [6.07, 6.45) is 6.90. The number of imidazole rings is 1. The summed E-state index contributed by atoms with van der Waals surface area (Å²) >= 11 is 6.03. The van der Waals surface area contributed by atoms with Crippen molar-refractivity contribution in [3.05, 3.63) is 94.6 Å². The Bertz CT molecular complexity index is 1400. The highest BCUT2D eigenvalue weighted by Gasteiger charge is 2.15. The highest BCUT2D eigenvalue weighted by atomic mass is 35.5. The Balaban J connectivity index is 0.000000369. The minimum atomic E-state index is -0.793. The van der Waals surface area contributed by atoms with Gasteiger partial charge in [-0.2, -0.15) is 0 Å². The number of nitrogens with zero attached hydrogens (tertiary/aromatic N) is 3. The number of carbonyl (C=O) groups is 2. The summed E-state index contributed by atoms with van der Waals surface area (Å²) in [5.74, 6) is 0.496. The standard InChI is InChI=1S/C24H23ClN4O3.C9H20N2O/c1-3-19(24-28-21-10-16(13-30)17(14-31)11-22(21)29-24)20(7-8-26-2)27-12-23(32)15-5-4-6-18(25)9-15;1-10(2)4-3-5-11-6-8-12-9-7-11/h3-11,13-14,23,26-27,32H,1,12H2,2H3,(H,28,29);3-9H2,1-2H3/b8-7-,20-19-;. The van der Waals surface area contributed by atoms with E-state index in [4.69, 9.17) is 16.3 Å². The van der Waals surface area contributed by atoms with Gasteiger partial charge in [-0.25, -0.2) is 4.98 Å². The van der Waals surface area contributed by atoms with Crippen molar-refractivity contribution in [1.82, 2.24) is 30.4 Å². The van der Waals surface area contributed by atoms with Gasteiger partial charge in [0.1, 0.15) is 5.82 Å². The predicted molar refractivity (Wildman–Crippen MR) is 177 cm³/mol. The fourth-order valence-electron chi connectivity index (χ4n) is 4.64. The van der Waals surface area contributed by atoms with E-state index in [2.05, 4.69) is 51.1 Å². The van der Waals surface area contributed by atoms with Crippen molar-refractivity contribution in [3.63, 3.8) is 0 Å². The minimum absolute atomic E-state index is 0.214. The number of nitrogens with one attached hydrogen (secondary N) is 3. The van der Waals surface area contributed by atoms with Gasteiger partial charge in [0.15, 0.2) is 12.6 Å². The number of H-pyrrole nitrogens is 1. The molecule has 10 nitrogen and oxygen atoms in total. The molecule has 11 heteroatoms. The molecule has 0 radical (unpaired) electrons. The van der Waals surface area contributed by atoms with Gasteiger partial charge in [0, 0.05) is 54.1 Å². The lowest BCUT2D eigenvalue weighted by atomic mass is 10.1. The molecular formula is C33H43ClN6O4. The smallest absolute Gasteiger partial charge is 0.150 e. The van der Waals surface area contributed by atoms with Gasteiger partial charge in [0.2, 0.25) is 0 Å². The number of aromatic nitrogens is 2. The molecule has 1 unspecified atom stereocenters. The number of benzene rings is 2. The van der Waals surface area contributed by atoms with Crippen molar-refractivity contribution in [2.45, 2.75) is 12.5 Å². The number of carbonyl (C=O) groups excluding carboxylic acids is 2. The molecule has 1 aromatic heterocycles. The summed E-state index contributed by atoms with van der Waals surface area (Å²) in [4.78, 5) is 35.0. The van der Waals surface area contributed by atoms with Crippen molar-refractivity contribution in [2.24, 2.45) is 0 Å². The van der Waals surface area contributed by atoms with Gasteiger partial charge in [0.25, 0.3) is 0 Å². The fraction of sp³-hybridized carbons (Fsp3) is 0.364. The number of allylic oxidation sites excluding steroid dienone is 3. The Hall–Kier alpha value is -3.80. The molecular weight excluding hydrogens is 580 g/mol. The third-order valence-corrected chi connectivity index (χ3v) is 7.24. The molecule has 4 N–H and O–H groups in total. The van der Waals surface area contributed by atoms with Crippen LogP contribution in [0.3, 0.4) is 0 Å². The molecule has 0 amide bonds. The van der Waals surface area contributed by atoms with Crippen molar-refractivity contribution in [3.8, 4) is 0 Å².